The minimum atomic E-state index is 0.212. The van der Waals surface area contributed by atoms with Crippen LogP contribution in [0.25, 0.3) is 0 Å². The van der Waals surface area contributed by atoms with Crippen LogP contribution in [0.2, 0.25) is 0 Å². The Morgan fingerprint density at radius 2 is 2.00 bits per heavy atom. The maximum absolute atomic E-state index is 8.98. The van der Waals surface area contributed by atoms with Crippen LogP contribution in [0.3, 0.4) is 0 Å². The first kappa shape index (κ1) is 12.6. The zero-order valence-corrected chi connectivity index (χ0v) is 10.2. The Morgan fingerprint density at radius 1 is 1.22 bits per heavy atom. The number of nitrogens with zero attached hydrogens (tertiary/aromatic N) is 5. The summed E-state index contributed by atoms with van der Waals surface area (Å²) in [6.45, 7) is 5.24. The number of morpholine rings is 1. The van der Waals surface area contributed by atoms with Crippen molar-refractivity contribution in [2.24, 2.45) is 0 Å². The third-order valence-electron chi connectivity index (χ3n) is 3.03. The Morgan fingerprint density at radius 3 is 2.67 bits per heavy atom. The van der Waals surface area contributed by atoms with Gasteiger partial charge in [0.25, 0.3) is 0 Å². The van der Waals surface area contributed by atoms with E-state index < -0.39 is 0 Å². The first-order valence-electron chi connectivity index (χ1n) is 6.00. The first-order valence-corrected chi connectivity index (χ1v) is 6.00. The molecule has 0 atom stereocenters. The fourth-order valence-electron chi connectivity index (χ4n) is 2.04. The van der Waals surface area contributed by atoms with Crippen LogP contribution in [0.15, 0.2) is 6.33 Å². The van der Waals surface area contributed by atoms with Gasteiger partial charge in [0.1, 0.15) is 12.1 Å². The molecule has 6 nitrogen and oxygen atoms in total. The van der Waals surface area contributed by atoms with Gasteiger partial charge in [0.2, 0.25) is 0 Å². The molecule has 1 aromatic heterocycles. The van der Waals surface area contributed by atoms with E-state index in [1.54, 1.807) is 10.9 Å². The molecule has 0 aliphatic carbocycles. The highest BCUT2D eigenvalue weighted by Crippen LogP contribution is 2.06. The third kappa shape index (κ3) is 2.86. The number of hydrogen-bond donors (Lipinski definition) is 0. The summed E-state index contributed by atoms with van der Waals surface area (Å²) >= 11 is 0. The molecule has 0 N–H and O–H groups in total. The largest absolute Gasteiger partial charge is 0.379 e. The van der Waals surface area contributed by atoms with E-state index in [1.807, 2.05) is 12.1 Å². The Bertz CT molecular complexity index is 476. The van der Waals surface area contributed by atoms with Crippen LogP contribution in [-0.2, 0) is 11.3 Å². The summed E-state index contributed by atoms with van der Waals surface area (Å²) in [5, 5.41) is 17.8. The summed E-state index contributed by atoms with van der Waals surface area (Å²) in [6, 6.07) is 3.95. The lowest BCUT2D eigenvalue weighted by Gasteiger charge is -2.26. The summed E-state index contributed by atoms with van der Waals surface area (Å²) in [5.74, 6) is 0. The molecule has 1 aliphatic rings. The summed E-state index contributed by atoms with van der Waals surface area (Å²) in [7, 11) is 0. The van der Waals surface area contributed by atoms with Gasteiger partial charge in [0.05, 0.1) is 19.5 Å². The molecule has 0 spiro atoms. The summed E-state index contributed by atoms with van der Waals surface area (Å²) < 4.78 is 7.03. The SMILES string of the molecule is N#Cc1ncn(CCCN2CCOCC2)c1C#N. The van der Waals surface area contributed by atoms with E-state index in [0.29, 0.717) is 5.69 Å². The molecule has 0 bridgehead atoms. The van der Waals surface area contributed by atoms with Crippen LogP contribution < -0.4 is 0 Å². The Labute approximate surface area is 106 Å². The molecule has 1 saturated heterocycles. The number of ether oxygens (including phenoxy) is 1. The minimum absolute atomic E-state index is 0.212. The fraction of sp³-hybridized carbons (Fsp3) is 0.583. The second-order valence-electron chi connectivity index (χ2n) is 4.17. The maximum Gasteiger partial charge on any atom is 0.176 e. The van der Waals surface area contributed by atoms with Gasteiger partial charge in [-0.1, -0.05) is 0 Å². The van der Waals surface area contributed by atoms with Crippen LogP contribution in [0.4, 0.5) is 0 Å². The third-order valence-corrected chi connectivity index (χ3v) is 3.03. The van der Waals surface area contributed by atoms with E-state index in [2.05, 4.69) is 9.88 Å². The topological polar surface area (TPSA) is 77.9 Å². The van der Waals surface area contributed by atoms with Gasteiger partial charge < -0.3 is 9.30 Å². The Balaban J connectivity index is 1.85. The van der Waals surface area contributed by atoms with E-state index in [9.17, 15) is 0 Å². The minimum Gasteiger partial charge on any atom is -0.379 e. The highest BCUT2D eigenvalue weighted by molar-refractivity contribution is 5.35. The van der Waals surface area contributed by atoms with Crippen molar-refractivity contribution >= 4 is 0 Å². The monoisotopic (exact) mass is 245 g/mol. The average molecular weight is 245 g/mol. The average Bonchev–Trinajstić information content (AvgIpc) is 2.82. The van der Waals surface area contributed by atoms with Gasteiger partial charge in [0, 0.05) is 26.2 Å². The van der Waals surface area contributed by atoms with Crippen molar-refractivity contribution in [3.8, 4) is 12.1 Å². The molecule has 0 radical (unpaired) electrons. The van der Waals surface area contributed by atoms with Crippen molar-refractivity contribution in [2.45, 2.75) is 13.0 Å². The highest BCUT2D eigenvalue weighted by Gasteiger charge is 2.12. The zero-order valence-electron chi connectivity index (χ0n) is 10.2. The Kier molecular flexibility index (Phi) is 4.30. The van der Waals surface area contributed by atoms with Gasteiger partial charge in [-0.25, -0.2) is 4.98 Å². The lowest BCUT2D eigenvalue weighted by molar-refractivity contribution is 0.0369. The predicted octanol–water partition coefficient (Wildman–Crippen LogP) is 0.349. The first-order chi connectivity index (χ1) is 8.85. The zero-order chi connectivity index (χ0) is 12.8. The molecule has 0 aromatic carbocycles. The van der Waals surface area contributed by atoms with Gasteiger partial charge in [-0.05, 0) is 6.42 Å². The van der Waals surface area contributed by atoms with Crippen LogP contribution in [0.5, 0.6) is 0 Å². The summed E-state index contributed by atoms with van der Waals surface area (Å²) in [5.41, 5.74) is 0.573. The summed E-state index contributed by atoms with van der Waals surface area (Å²) in [4.78, 5) is 6.26. The van der Waals surface area contributed by atoms with E-state index in [1.165, 1.54) is 0 Å². The molecular weight excluding hydrogens is 230 g/mol. The normalized spacial score (nSPS) is 16.1. The van der Waals surface area contributed by atoms with Crippen LogP contribution in [-0.4, -0.2) is 47.3 Å². The number of rotatable bonds is 4. The number of aromatic nitrogens is 2. The van der Waals surface area contributed by atoms with Gasteiger partial charge >= 0.3 is 0 Å². The molecule has 0 amide bonds. The number of aryl methyl sites for hydroxylation is 1. The van der Waals surface area contributed by atoms with E-state index in [4.69, 9.17) is 15.3 Å². The van der Waals surface area contributed by atoms with Crippen molar-refractivity contribution in [2.75, 3.05) is 32.8 Å². The quantitative estimate of drug-likeness (QED) is 0.764. The lowest BCUT2D eigenvalue weighted by Crippen LogP contribution is -2.37. The van der Waals surface area contributed by atoms with Crippen LogP contribution >= 0.6 is 0 Å². The standard InChI is InChI=1S/C12H15N5O/c13-8-11-12(9-14)17(10-15-11)3-1-2-16-4-6-18-7-5-16/h10H,1-7H2. The fourth-order valence-corrected chi connectivity index (χ4v) is 2.04. The molecule has 1 aliphatic heterocycles. The van der Waals surface area contributed by atoms with Crippen molar-refractivity contribution in [1.29, 1.82) is 10.5 Å². The molecule has 1 fully saturated rings. The van der Waals surface area contributed by atoms with Crippen LogP contribution in [0.1, 0.15) is 17.8 Å². The van der Waals surface area contributed by atoms with Crippen molar-refractivity contribution in [3.05, 3.63) is 17.7 Å². The van der Waals surface area contributed by atoms with Crippen molar-refractivity contribution in [3.63, 3.8) is 0 Å². The molecular formula is C12H15N5O. The maximum atomic E-state index is 8.98. The van der Waals surface area contributed by atoms with E-state index >= 15 is 0 Å². The molecule has 1 aromatic rings. The summed E-state index contributed by atoms with van der Waals surface area (Å²) in [6.07, 6.45) is 2.51. The van der Waals surface area contributed by atoms with Gasteiger partial charge in [0.15, 0.2) is 11.4 Å². The lowest BCUT2D eigenvalue weighted by atomic mass is 10.3. The van der Waals surface area contributed by atoms with E-state index in [0.717, 1.165) is 45.8 Å². The number of imidazole rings is 1. The molecule has 2 heterocycles. The predicted molar refractivity (Wildman–Crippen MR) is 63.5 cm³/mol. The second kappa shape index (κ2) is 6.15. The smallest absolute Gasteiger partial charge is 0.176 e. The number of nitriles is 2. The van der Waals surface area contributed by atoms with Crippen molar-refractivity contribution < 1.29 is 4.74 Å². The number of hydrogen-bond acceptors (Lipinski definition) is 5. The second-order valence-corrected chi connectivity index (χ2v) is 4.17. The van der Waals surface area contributed by atoms with Gasteiger partial charge in [-0.15, -0.1) is 0 Å². The van der Waals surface area contributed by atoms with E-state index in [-0.39, 0.29) is 5.69 Å². The van der Waals surface area contributed by atoms with Crippen molar-refractivity contribution in [1.82, 2.24) is 14.5 Å². The van der Waals surface area contributed by atoms with Gasteiger partial charge in [-0.3, -0.25) is 4.90 Å². The molecule has 2 rings (SSSR count). The molecule has 94 valence electrons. The molecule has 6 heteroatoms. The molecule has 18 heavy (non-hydrogen) atoms. The van der Waals surface area contributed by atoms with Gasteiger partial charge in [-0.2, -0.15) is 10.5 Å². The molecule has 0 unspecified atom stereocenters. The Hall–Kier alpha value is -1.89. The molecule has 0 saturated carbocycles. The van der Waals surface area contributed by atoms with Crippen LogP contribution in [0, 0.1) is 22.7 Å². The highest BCUT2D eigenvalue weighted by atomic mass is 16.5.